The summed E-state index contributed by atoms with van der Waals surface area (Å²) in [6, 6.07) is 10.9. The number of halogens is 2. The van der Waals surface area contributed by atoms with Crippen molar-refractivity contribution in [3.8, 4) is 22.5 Å². The predicted molar refractivity (Wildman–Crippen MR) is 112 cm³/mol. The number of hydrogen-bond donors (Lipinski definition) is 1. The molecule has 0 aliphatic carbocycles. The van der Waals surface area contributed by atoms with Gasteiger partial charge in [0.1, 0.15) is 0 Å². The fourth-order valence-corrected chi connectivity index (χ4v) is 3.46. The van der Waals surface area contributed by atoms with Crippen molar-refractivity contribution >= 4 is 23.2 Å². The lowest BCUT2D eigenvalue weighted by Crippen LogP contribution is -2.39. The molecule has 1 aromatic carbocycles. The van der Waals surface area contributed by atoms with Crippen LogP contribution in [0.2, 0.25) is 10.0 Å². The molecule has 4 aromatic rings. The Kier molecular flexibility index (Phi) is 4.92. The topological polar surface area (TPSA) is 89.8 Å². The summed E-state index contributed by atoms with van der Waals surface area (Å²) in [5.74, 6) is 0. The zero-order chi connectivity index (χ0) is 20.5. The van der Waals surface area contributed by atoms with Crippen molar-refractivity contribution in [3.05, 3.63) is 108 Å². The molecule has 0 atom stereocenters. The fourth-order valence-electron chi connectivity index (χ4n) is 2.95. The number of hydrogen-bond acceptors (Lipinski definition) is 4. The van der Waals surface area contributed by atoms with Crippen molar-refractivity contribution in [2.24, 2.45) is 0 Å². The molecule has 0 aliphatic heterocycles. The van der Waals surface area contributed by atoms with Crippen LogP contribution in [-0.4, -0.2) is 19.1 Å². The number of aromatic nitrogens is 4. The molecule has 0 radical (unpaired) electrons. The van der Waals surface area contributed by atoms with E-state index in [2.05, 4.69) is 9.97 Å². The van der Waals surface area contributed by atoms with Gasteiger partial charge in [-0.05, 0) is 42.5 Å². The molecule has 0 bridgehead atoms. The summed E-state index contributed by atoms with van der Waals surface area (Å²) in [4.78, 5) is 45.2. The molecule has 0 aliphatic rings. The van der Waals surface area contributed by atoms with E-state index >= 15 is 0 Å². The molecule has 0 spiro atoms. The Hall–Kier alpha value is -3.42. The van der Waals surface area contributed by atoms with Gasteiger partial charge in [-0.2, -0.15) is 0 Å². The van der Waals surface area contributed by atoms with E-state index in [1.165, 1.54) is 53.6 Å². The largest absolute Gasteiger partial charge is 0.340 e. The number of nitrogens with one attached hydrogen (secondary N) is 1. The SMILES string of the molecule is O=c1[nH]cccc1-c1cn(-c2cc(Cl)cc(Cl)c2)c(=O)n(-c2cccnc2)c1=O. The summed E-state index contributed by atoms with van der Waals surface area (Å²) in [7, 11) is 0. The average molecular weight is 427 g/mol. The summed E-state index contributed by atoms with van der Waals surface area (Å²) in [6.07, 6.45) is 5.68. The van der Waals surface area contributed by atoms with Gasteiger partial charge in [-0.15, -0.1) is 0 Å². The van der Waals surface area contributed by atoms with Crippen molar-refractivity contribution in [2.45, 2.75) is 0 Å². The molecule has 7 nitrogen and oxygen atoms in total. The van der Waals surface area contributed by atoms with Gasteiger partial charge in [0.15, 0.2) is 0 Å². The normalized spacial score (nSPS) is 10.8. The quantitative estimate of drug-likeness (QED) is 0.544. The lowest BCUT2D eigenvalue weighted by atomic mass is 10.1. The van der Waals surface area contributed by atoms with E-state index in [1.54, 1.807) is 18.2 Å². The van der Waals surface area contributed by atoms with Crippen LogP contribution >= 0.6 is 23.2 Å². The number of benzene rings is 1. The van der Waals surface area contributed by atoms with Gasteiger partial charge >= 0.3 is 5.69 Å². The molecule has 29 heavy (non-hydrogen) atoms. The fraction of sp³-hybridized carbons (Fsp3) is 0. The van der Waals surface area contributed by atoms with Crippen LogP contribution in [0, 0.1) is 0 Å². The number of nitrogens with zero attached hydrogens (tertiary/aromatic N) is 3. The molecule has 4 rings (SSSR count). The Morgan fingerprint density at radius 3 is 2.31 bits per heavy atom. The first-order chi connectivity index (χ1) is 14.0. The highest BCUT2D eigenvalue weighted by molar-refractivity contribution is 6.34. The van der Waals surface area contributed by atoms with Gasteiger partial charge in [0, 0.05) is 28.6 Å². The van der Waals surface area contributed by atoms with Crippen molar-refractivity contribution in [1.29, 1.82) is 0 Å². The van der Waals surface area contributed by atoms with Gasteiger partial charge in [0.2, 0.25) is 0 Å². The van der Waals surface area contributed by atoms with E-state index in [4.69, 9.17) is 23.2 Å². The van der Waals surface area contributed by atoms with Gasteiger partial charge in [-0.1, -0.05) is 23.2 Å². The van der Waals surface area contributed by atoms with Gasteiger partial charge in [-0.3, -0.25) is 19.1 Å². The third-order valence-corrected chi connectivity index (χ3v) is 4.66. The average Bonchev–Trinajstić information content (AvgIpc) is 2.69. The number of pyridine rings is 2. The lowest BCUT2D eigenvalue weighted by Gasteiger charge is -2.13. The number of H-pyrrole nitrogens is 1. The summed E-state index contributed by atoms with van der Waals surface area (Å²) in [6.45, 7) is 0. The lowest BCUT2D eigenvalue weighted by molar-refractivity contribution is 0.801. The predicted octanol–water partition coefficient (Wildman–Crippen LogP) is 3.05. The molecule has 0 saturated heterocycles. The highest BCUT2D eigenvalue weighted by Crippen LogP contribution is 2.22. The van der Waals surface area contributed by atoms with Crippen molar-refractivity contribution in [2.75, 3.05) is 0 Å². The maximum absolute atomic E-state index is 13.2. The van der Waals surface area contributed by atoms with E-state index in [0.717, 1.165) is 4.57 Å². The first-order valence-corrected chi connectivity index (χ1v) is 9.15. The molecule has 0 saturated carbocycles. The summed E-state index contributed by atoms with van der Waals surface area (Å²) >= 11 is 12.2. The molecule has 0 amide bonds. The maximum atomic E-state index is 13.2. The van der Waals surface area contributed by atoms with Crippen LogP contribution in [0.15, 0.2) is 81.6 Å². The molecular weight excluding hydrogens is 415 g/mol. The first kappa shape index (κ1) is 18.9. The third-order valence-electron chi connectivity index (χ3n) is 4.23. The van der Waals surface area contributed by atoms with Gasteiger partial charge in [0.05, 0.1) is 28.7 Å². The van der Waals surface area contributed by atoms with E-state index in [1.807, 2.05) is 0 Å². The molecule has 144 valence electrons. The molecule has 9 heteroatoms. The smallest absolute Gasteiger partial charge is 0.329 e. The Bertz CT molecular complexity index is 1370. The van der Waals surface area contributed by atoms with Crippen molar-refractivity contribution < 1.29 is 0 Å². The molecule has 0 unspecified atom stereocenters. The zero-order valence-corrected chi connectivity index (χ0v) is 16.2. The van der Waals surface area contributed by atoms with Gasteiger partial charge in [0.25, 0.3) is 11.1 Å². The summed E-state index contributed by atoms with van der Waals surface area (Å²) < 4.78 is 2.16. The Morgan fingerprint density at radius 2 is 1.66 bits per heavy atom. The Balaban J connectivity index is 2.14. The Labute approximate surface area is 173 Å². The Morgan fingerprint density at radius 1 is 0.897 bits per heavy atom. The second kappa shape index (κ2) is 7.54. The minimum absolute atomic E-state index is 0.0337. The van der Waals surface area contributed by atoms with Crippen LogP contribution in [0.4, 0.5) is 0 Å². The van der Waals surface area contributed by atoms with Crippen LogP contribution in [0.5, 0.6) is 0 Å². The van der Waals surface area contributed by atoms with Crippen molar-refractivity contribution in [1.82, 2.24) is 19.1 Å². The van der Waals surface area contributed by atoms with E-state index in [9.17, 15) is 14.4 Å². The van der Waals surface area contributed by atoms with E-state index < -0.39 is 16.8 Å². The monoisotopic (exact) mass is 426 g/mol. The van der Waals surface area contributed by atoms with E-state index in [-0.39, 0.29) is 16.8 Å². The van der Waals surface area contributed by atoms with Crippen LogP contribution in [0.3, 0.4) is 0 Å². The first-order valence-electron chi connectivity index (χ1n) is 8.39. The second-order valence-corrected chi connectivity index (χ2v) is 6.96. The molecule has 3 aromatic heterocycles. The van der Waals surface area contributed by atoms with Gasteiger partial charge < -0.3 is 4.98 Å². The van der Waals surface area contributed by atoms with Crippen LogP contribution < -0.4 is 16.8 Å². The molecule has 0 fully saturated rings. The number of rotatable bonds is 3. The third kappa shape index (κ3) is 3.53. The minimum atomic E-state index is -0.655. The van der Waals surface area contributed by atoms with Gasteiger partial charge in [-0.25, -0.2) is 9.36 Å². The maximum Gasteiger partial charge on any atom is 0.340 e. The summed E-state index contributed by atoms with van der Waals surface area (Å²) in [5.41, 5.74) is -1.00. The minimum Gasteiger partial charge on any atom is -0.329 e. The highest BCUT2D eigenvalue weighted by atomic mass is 35.5. The van der Waals surface area contributed by atoms with Crippen LogP contribution in [-0.2, 0) is 0 Å². The van der Waals surface area contributed by atoms with Crippen LogP contribution in [0.1, 0.15) is 0 Å². The zero-order valence-electron chi connectivity index (χ0n) is 14.7. The standard InChI is InChI=1S/C20H12Cl2N4O3/c21-12-7-13(22)9-15(8-12)25-11-17(16-4-2-6-24-18(16)27)19(28)26(20(25)29)14-3-1-5-23-10-14/h1-11H,(H,24,27). The highest BCUT2D eigenvalue weighted by Gasteiger charge is 2.18. The molecule has 1 N–H and O–H groups in total. The summed E-state index contributed by atoms with van der Waals surface area (Å²) in [5, 5.41) is 0.635. The molecule has 3 heterocycles. The second-order valence-electron chi connectivity index (χ2n) is 6.09. The van der Waals surface area contributed by atoms with Crippen LogP contribution in [0.25, 0.3) is 22.5 Å². The van der Waals surface area contributed by atoms with E-state index in [0.29, 0.717) is 15.7 Å². The molecular formula is C20H12Cl2N4O3. The van der Waals surface area contributed by atoms with Crippen molar-refractivity contribution in [3.63, 3.8) is 0 Å². The number of aromatic amines is 1.